The topological polar surface area (TPSA) is 54.3 Å². The first-order valence-corrected chi connectivity index (χ1v) is 8.07. The summed E-state index contributed by atoms with van der Waals surface area (Å²) < 4.78 is 2.05. The number of hydrogen-bond donors (Lipinski definition) is 0. The molecule has 23 heavy (non-hydrogen) atoms. The van der Waals surface area contributed by atoms with Gasteiger partial charge >= 0.3 is 0 Å². The summed E-state index contributed by atoms with van der Waals surface area (Å²) in [5.41, 5.74) is 1.10. The molecule has 6 heteroatoms. The Hall–Kier alpha value is -2.21. The summed E-state index contributed by atoms with van der Waals surface area (Å²) in [4.78, 5) is 25.5. The summed E-state index contributed by atoms with van der Waals surface area (Å²) in [6.45, 7) is 4.19. The van der Waals surface area contributed by atoms with E-state index in [4.69, 9.17) is 0 Å². The van der Waals surface area contributed by atoms with Crippen molar-refractivity contribution in [2.24, 2.45) is 18.9 Å². The molecule has 4 heterocycles. The Labute approximate surface area is 135 Å². The highest BCUT2D eigenvalue weighted by Crippen LogP contribution is 2.33. The third-order valence-corrected chi connectivity index (χ3v) is 4.98. The molecule has 2 aromatic heterocycles. The Balaban J connectivity index is 1.38. The lowest BCUT2D eigenvalue weighted by atomic mass is 10.0. The number of nitrogens with zero attached hydrogens (tertiary/aromatic N) is 5. The van der Waals surface area contributed by atoms with Crippen molar-refractivity contribution in [3.8, 4) is 0 Å². The molecule has 0 radical (unpaired) electrons. The second kappa shape index (κ2) is 5.77. The maximum atomic E-state index is 12.7. The molecule has 1 amide bonds. The molecule has 0 saturated carbocycles. The third-order valence-electron chi connectivity index (χ3n) is 4.98. The van der Waals surface area contributed by atoms with Crippen LogP contribution in [0.25, 0.3) is 0 Å². The Morgan fingerprint density at radius 3 is 2.83 bits per heavy atom. The van der Waals surface area contributed by atoms with Crippen LogP contribution in [0.3, 0.4) is 0 Å². The van der Waals surface area contributed by atoms with E-state index in [2.05, 4.69) is 14.9 Å². The zero-order valence-corrected chi connectivity index (χ0v) is 13.3. The van der Waals surface area contributed by atoms with Crippen LogP contribution in [0.4, 0.5) is 0 Å². The number of imidazole rings is 1. The van der Waals surface area contributed by atoms with Crippen molar-refractivity contribution >= 4 is 5.91 Å². The summed E-state index contributed by atoms with van der Waals surface area (Å²) >= 11 is 0. The summed E-state index contributed by atoms with van der Waals surface area (Å²) in [6.07, 6.45) is 7.40. The van der Waals surface area contributed by atoms with Crippen molar-refractivity contribution in [3.63, 3.8) is 0 Å². The van der Waals surface area contributed by atoms with Gasteiger partial charge in [0, 0.05) is 63.9 Å². The van der Waals surface area contributed by atoms with Gasteiger partial charge in [-0.3, -0.25) is 14.7 Å². The molecule has 0 unspecified atom stereocenters. The van der Waals surface area contributed by atoms with Crippen molar-refractivity contribution in [2.75, 3.05) is 19.6 Å². The van der Waals surface area contributed by atoms with Crippen LogP contribution in [-0.2, 0) is 24.9 Å². The molecule has 2 saturated heterocycles. The molecule has 6 nitrogen and oxygen atoms in total. The van der Waals surface area contributed by atoms with Crippen LogP contribution in [-0.4, -0.2) is 49.9 Å². The summed E-state index contributed by atoms with van der Waals surface area (Å²) in [7, 11) is 2.01. The summed E-state index contributed by atoms with van der Waals surface area (Å²) in [5.74, 6) is 1.94. The van der Waals surface area contributed by atoms with Gasteiger partial charge < -0.3 is 9.47 Å². The number of aryl methyl sites for hydroxylation is 1. The zero-order chi connectivity index (χ0) is 15.8. The first-order valence-electron chi connectivity index (χ1n) is 8.07. The second-order valence-corrected chi connectivity index (χ2v) is 6.60. The molecule has 2 fully saturated rings. The smallest absolute Gasteiger partial charge is 0.227 e. The van der Waals surface area contributed by atoms with Gasteiger partial charge in [-0.25, -0.2) is 4.98 Å². The van der Waals surface area contributed by atoms with Crippen molar-refractivity contribution in [2.45, 2.75) is 13.1 Å². The minimum absolute atomic E-state index is 0.145. The third kappa shape index (κ3) is 2.74. The summed E-state index contributed by atoms with van der Waals surface area (Å²) in [5, 5.41) is 0. The number of carbonyl (C=O) groups excluding carboxylic acids is 1. The van der Waals surface area contributed by atoms with E-state index in [0.29, 0.717) is 18.4 Å². The number of likely N-dealkylation sites (tertiary alicyclic amines) is 2. The van der Waals surface area contributed by atoms with E-state index >= 15 is 0 Å². The fourth-order valence-corrected chi connectivity index (χ4v) is 3.77. The Morgan fingerprint density at radius 1 is 1.22 bits per heavy atom. The lowest BCUT2D eigenvalue weighted by Gasteiger charge is -2.21. The lowest BCUT2D eigenvalue weighted by Crippen LogP contribution is -2.32. The maximum Gasteiger partial charge on any atom is 0.227 e. The highest BCUT2D eigenvalue weighted by molar-refractivity contribution is 5.82. The number of rotatable bonds is 4. The van der Waals surface area contributed by atoms with Crippen molar-refractivity contribution in [1.82, 2.24) is 24.3 Å². The van der Waals surface area contributed by atoms with Crippen molar-refractivity contribution in [3.05, 3.63) is 48.3 Å². The normalized spacial score (nSPS) is 24.4. The number of amides is 1. The molecule has 2 atom stereocenters. The number of carbonyl (C=O) groups is 1. The molecule has 0 bridgehead atoms. The van der Waals surface area contributed by atoms with Gasteiger partial charge in [0.1, 0.15) is 5.82 Å². The van der Waals surface area contributed by atoms with Crippen LogP contribution in [0.5, 0.6) is 0 Å². The lowest BCUT2D eigenvalue weighted by molar-refractivity contribution is -0.131. The Morgan fingerprint density at radius 2 is 2.13 bits per heavy atom. The molecule has 0 aromatic carbocycles. The van der Waals surface area contributed by atoms with Gasteiger partial charge in [0.05, 0.1) is 12.5 Å². The zero-order valence-electron chi connectivity index (χ0n) is 13.3. The van der Waals surface area contributed by atoms with Crippen LogP contribution in [0, 0.1) is 11.8 Å². The molecular formula is C17H21N5O. The van der Waals surface area contributed by atoms with Gasteiger partial charge in [-0.1, -0.05) is 6.07 Å². The first-order chi connectivity index (χ1) is 11.2. The minimum atomic E-state index is 0.145. The van der Waals surface area contributed by atoms with E-state index in [-0.39, 0.29) is 5.92 Å². The SMILES string of the molecule is Cn1ccnc1CN1C[C@@H]2CN(Cc3cccnc3)C(=O)[C@@H]2C1. The number of hydrogen-bond acceptors (Lipinski definition) is 4. The van der Waals surface area contributed by atoms with Gasteiger partial charge in [0.15, 0.2) is 0 Å². The first kappa shape index (κ1) is 14.4. The monoisotopic (exact) mass is 311 g/mol. The van der Waals surface area contributed by atoms with E-state index < -0.39 is 0 Å². The standard InChI is InChI=1S/C17H21N5O/c1-20-6-5-19-16(20)12-21-9-14-10-22(17(23)15(14)11-21)8-13-3-2-4-18-7-13/h2-7,14-15H,8-12H2,1H3/t14-,15-/m1/s1. The van der Waals surface area contributed by atoms with Gasteiger partial charge in [0.25, 0.3) is 0 Å². The highest BCUT2D eigenvalue weighted by atomic mass is 16.2. The van der Waals surface area contributed by atoms with Crippen LogP contribution in [0.1, 0.15) is 11.4 Å². The number of pyridine rings is 1. The molecule has 2 aliphatic rings. The Bertz CT molecular complexity index is 698. The highest BCUT2D eigenvalue weighted by Gasteiger charge is 2.46. The van der Waals surface area contributed by atoms with E-state index in [9.17, 15) is 4.79 Å². The van der Waals surface area contributed by atoms with Gasteiger partial charge in [-0.2, -0.15) is 0 Å². The second-order valence-electron chi connectivity index (χ2n) is 6.60. The Kier molecular flexibility index (Phi) is 3.61. The predicted molar refractivity (Wildman–Crippen MR) is 85.1 cm³/mol. The van der Waals surface area contributed by atoms with Crippen LogP contribution >= 0.6 is 0 Å². The molecule has 0 N–H and O–H groups in total. The predicted octanol–water partition coefficient (Wildman–Crippen LogP) is 0.905. The maximum absolute atomic E-state index is 12.7. The van der Waals surface area contributed by atoms with Crippen LogP contribution < -0.4 is 0 Å². The van der Waals surface area contributed by atoms with Crippen molar-refractivity contribution < 1.29 is 4.79 Å². The minimum Gasteiger partial charge on any atom is -0.338 e. The fourth-order valence-electron chi connectivity index (χ4n) is 3.77. The average Bonchev–Trinajstić information content (AvgIpc) is 3.20. The van der Waals surface area contributed by atoms with Crippen molar-refractivity contribution in [1.29, 1.82) is 0 Å². The van der Waals surface area contributed by atoms with Crippen LogP contribution in [0.15, 0.2) is 36.9 Å². The molecule has 4 rings (SSSR count). The molecular weight excluding hydrogens is 290 g/mol. The number of aromatic nitrogens is 3. The molecule has 2 aromatic rings. The van der Waals surface area contributed by atoms with Crippen LogP contribution in [0.2, 0.25) is 0 Å². The molecule has 0 spiro atoms. The van der Waals surface area contributed by atoms with Gasteiger partial charge in [-0.15, -0.1) is 0 Å². The van der Waals surface area contributed by atoms with E-state index in [1.807, 2.05) is 47.2 Å². The fraction of sp³-hybridized carbons (Fsp3) is 0.471. The van der Waals surface area contributed by atoms with Gasteiger partial charge in [-0.05, 0) is 11.6 Å². The van der Waals surface area contributed by atoms with E-state index in [1.165, 1.54) is 0 Å². The number of fused-ring (bicyclic) bond motifs is 1. The quantitative estimate of drug-likeness (QED) is 0.842. The van der Waals surface area contributed by atoms with E-state index in [0.717, 1.165) is 37.6 Å². The largest absolute Gasteiger partial charge is 0.338 e. The average molecular weight is 311 g/mol. The molecule has 0 aliphatic carbocycles. The molecule has 2 aliphatic heterocycles. The van der Waals surface area contributed by atoms with Gasteiger partial charge in [0.2, 0.25) is 5.91 Å². The molecule has 120 valence electrons. The summed E-state index contributed by atoms with van der Waals surface area (Å²) in [6, 6.07) is 3.95. The van der Waals surface area contributed by atoms with E-state index in [1.54, 1.807) is 6.20 Å².